The van der Waals surface area contributed by atoms with E-state index in [-0.39, 0.29) is 5.92 Å². The maximum absolute atomic E-state index is 10.9. The standard InChI is InChI=1S/C10H18O3/c1-8(2)9(12)5-10(6-11)3-4-13-7-10/h6,8-9,12H,3-5,7H2,1-2H3. The molecule has 0 aromatic rings. The lowest BCUT2D eigenvalue weighted by atomic mass is 9.81. The molecular formula is C10H18O3. The molecule has 3 heteroatoms. The van der Waals surface area contributed by atoms with Crippen molar-refractivity contribution >= 4 is 6.29 Å². The summed E-state index contributed by atoms with van der Waals surface area (Å²) in [6, 6.07) is 0. The Bertz CT molecular complexity index is 171. The molecule has 0 aromatic heterocycles. The molecular weight excluding hydrogens is 168 g/mol. The second kappa shape index (κ2) is 4.20. The topological polar surface area (TPSA) is 46.5 Å². The number of carbonyl (C=O) groups is 1. The Labute approximate surface area is 79.1 Å². The number of hydrogen-bond donors (Lipinski definition) is 1. The van der Waals surface area contributed by atoms with Crippen molar-refractivity contribution in [1.29, 1.82) is 0 Å². The van der Waals surface area contributed by atoms with Crippen LogP contribution in [0.4, 0.5) is 0 Å². The van der Waals surface area contributed by atoms with Crippen LogP contribution >= 0.6 is 0 Å². The van der Waals surface area contributed by atoms with Gasteiger partial charge in [0.15, 0.2) is 0 Å². The first-order chi connectivity index (χ1) is 6.09. The van der Waals surface area contributed by atoms with Gasteiger partial charge in [-0.15, -0.1) is 0 Å². The SMILES string of the molecule is CC(C)C(O)CC1(C=O)CCOC1. The minimum atomic E-state index is -0.413. The zero-order valence-electron chi connectivity index (χ0n) is 8.32. The van der Waals surface area contributed by atoms with Gasteiger partial charge in [0.25, 0.3) is 0 Å². The number of aliphatic hydroxyl groups is 1. The lowest BCUT2D eigenvalue weighted by Gasteiger charge is -2.25. The highest BCUT2D eigenvalue weighted by Crippen LogP contribution is 2.32. The van der Waals surface area contributed by atoms with Crippen molar-refractivity contribution in [1.82, 2.24) is 0 Å². The van der Waals surface area contributed by atoms with Gasteiger partial charge in [0.05, 0.1) is 18.1 Å². The van der Waals surface area contributed by atoms with E-state index in [1.165, 1.54) is 0 Å². The van der Waals surface area contributed by atoms with Gasteiger partial charge in [-0.25, -0.2) is 0 Å². The summed E-state index contributed by atoms with van der Waals surface area (Å²) < 4.78 is 5.19. The predicted molar refractivity (Wildman–Crippen MR) is 49.4 cm³/mol. The van der Waals surface area contributed by atoms with Crippen LogP contribution in [0.5, 0.6) is 0 Å². The van der Waals surface area contributed by atoms with E-state index < -0.39 is 11.5 Å². The van der Waals surface area contributed by atoms with Crippen molar-refractivity contribution in [3.05, 3.63) is 0 Å². The summed E-state index contributed by atoms with van der Waals surface area (Å²) in [6.07, 6.45) is 1.84. The third-order valence-electron chi connectivity index (χ3n) is 2.77. The minimum absolute atomic E-state index is 0.206. The fourth-order valence-electron chi connectivity index (χ4n) is 1.58. The predicted octanol–water partition coefficient (Wildman–Crippen LogP) is 0.999. The van der Waals surface area contributed by atoms with E-state index >= 15 is 0 Å². The van der Waals surface area contributed by atoms with E-state index in [1.54, 1.807) is 0 Å². The van der Waals surface area contributed by atoms with Gasteiger partial charge in [-0.1, -0.05) is 13.8 Å². The molecule has 76 valence electrons. The smallest absolute Gasteiger partial charge is 0.128 e. The molecule has 0 bridgehead atoms. The first kappa shape index (κ1) is 10.7. The zero-order valence-corrected chi connectivity index (χ0v) is 8.32. The maximum Gasteiger partial charge on any atom is 0.128 e. The van der Waals surface area contributed by atoms with E-state index in [9.17, 15) is 9.90 Å². The molecule has 1 rings (SSSR count). The Hall–Kier alpha value is -0.410. The molecule has 13 heavy (non-hydrogen) atoms. The molecule has 2 atom stereocenters. The van der Waals surface area contributed by atoms with Crippen LogP contribution < -0.4 is 0 Å². The van der Waals surface area contributed by atoms with Gasteiger partial charge in [-0.3, -0.25) is 0 Å². The van der Waals surface area contributed by atoms with Crippen LogP contribution in [0.1, 0.15) is 26.7 Å². The third-order valence-corrected chi connectivity index (χ3v) is 2.77. The molecule has 0 spiro atoms. The van der Waals surface area contributed by atoms with Gasteiger partial charge in [0.2, 0.25) is 0 Å². The van der Waals surface area contributed by atoms with Crippen LogP contribution in [0.15, 0.2) is 0 Å². The van der Waals surface area contributed by atoms with Crippen LogP contribution in [0.2, 0.25) is 0 Å². The normalized spacial score (nSPS) is 30.8. The van der Waals surface area contributed by atoms with Gasteiger partial charge in [-0.05, 0) is 18.8 Å². The zero-order chi connectivity index (χ0) is 9.90. The molecule has 1 aliphatic heterocycles. The quantitative estimate of drug-likeness (QED) is 0.666. The van der Waals surface area contributed by atoms with E-state index in [2.05, 4.69) is 0 Å². The van der Waals surface area contributed by atoms with Gasteiger partial charge in [-0.2, -0.15) is 0 Å². The van der Waals surface area contributed by atoms with Crippen LogP contribution in [0.3, 0.4) is 0 Å². The van der Waals surface area contributed by atoms with Crippen molar-refractivity contribution < 1.29 is 14.6 Å². The summed E-state index contributed by atoms with van der Waals surface area (Å²) in [5.74, 6) is 0.206. The Morgan fingerprint density at radius 2 is 2.31 bits per heavy atom. The fourth-order valence-corrected chi connectivity index (χ4v) is 1.58. The van der Waals surface area contributed by atoms with Crippen molar-refractivity contribution in [2.75, 3.05) is 13.2 Å². The summed E-state index contributed by atoms with van der Waals surface area (Å²) in [5, 5.41) is 9.67. The Balaban J connectivity index is 2.53. The van der Waals surface area contributed by atoms with Crippen LogP contribution in [-0.2, 0) is 9.53 Å². The summed E-state index contributed by atoms with van der Waals surface area (Å²) >= 11 is 0. The fraction of sp³-hybridized carbons (Fsp3) is 0.900. The molecule has 1 saturated heterocycles. The van der Waals surface area contributed by atoms with E-state index in [1.807, 2.05) is 13.8 Å². The molecule has 0 aliphatic carbocycles. The molecule has 2 unspecified atom stereocenters. The third kappa shape index (κ3) is 2.51. The lowest BCUT2D eigenvalue weighted by Crippen LogP contribution is -2.31. The highest BCUT2D eigenvalue weighted by molar-refractivity contribution is 5.60. The van der Waals surface area contributed by atoms with Gasteiger partial charge < -0.3 is 14.6 Å². The van der Waals surface area contributed by atoms with Gasteiger partial charge in [0.1, 0.15) is 6.29 Å². The van der Waals surface area contributed by atoms with Gasteiger partial charge in [0, 0.05) is 6.61 Å². The van der Waals surface area contributed by atoms with Crippen LogP contribution in [0, 0.1) is 11.3 Å². The summed E-state index contributed by atoms with van der Waals surface area (Å²) in [4.78, 5) is 10.9. The highest BCUT2D eigenvalue weighted by Gasteiger charge is 2.37. The number of hydrogen-bond acceptors (Lipinski definition) is 3. The number of rotatable bonds is 4. The molecule has 0 saturated carbocycles. The molecule has 0 amide bonds. The lowest BCUT2D eigenvalue weighted by molar-refractivity contribution is -0.118. The van der Waals surface area contributed by atoms with E-state index in [0.29, 0.717) is 19.6 Å². The molecule has 1 aliphatic rings. The van der Waals surface area contributed by atoms with Crippen molar-refractivity contribution in [3.63, 3.8) is 0 Å². The summed E-state index contributed by atoms with van der Waals surface area (Å²) in [6.45, 7) is 5.03. The number of ether oxygens (including phenoxy) is 1. The van der Waals surface area contributed by atoms with E-state index in [4.69, 9.17) is 4.74 Å². The van der Waals surface area contributed by atoms with Crippen molar-refractivity contribution in [2.24, 2.45) is 11.3 Å². The summed E-state index contributed by atoms with van der Waals surface area (Å²) in [7, 11) is 0. The Morgan fingerprint density at radius 3 is 2.69 bits per heavy atom. The second-order valence-electron chi connectivity index (χ2n) is 4.30. The van der Waals surface area contributed by atoms with Crippen LogP contribution in [0.25, 0.3) is 0 Å². The highest BCUT2D eigenvalue weighted by atomic mass is 16.5. The largest absolute Gasteiger partial charge is 0.393 e. The van der Waals surface area contributed by atoms with Crippen molar-refractivity contribution in [3.8, 4) is 0 Å². The molecule has 0 aromatic carbocycles. The molecule has 1 fully saturated rings. The van der Waals surface area contributed by atoms with Crippen molar-refractivity contribution in [2.45, 2.75) is 32.8 Å². The Morgan fingerprint density at radius 1 is 1.62 bits per heavy atom. The first-order valence-corrected chi connectivity index (χ1v) is 4.82. The molecule has 1 heterocycles. The van der Waals surface area contributed by atoms with Gasteiger partial charge >= 0.3 is 0 Å². The minimum Gasteiger partial charge on any atom is -0.393 e. The van der Waals surface area contributed by atoms with Crippen LogP contribution in [-0.4, -0.2) is 30.7 Å². The van der Waals surface area contributed by atoms with E-state index in [0.717, 1.165) is 12.7 Å². The average Bonchev–Trinajstić information content (AvgIpc) is 2.54. The molecule has 3 nitrogen and oxygen atoms in total. The Kier molecular flexibility index (Phi) is 3.45. The maximum atomic E-state index is 10.9. The number of aldehydes is 1. The second-order valence-corrected chi connectivity index (χ2v) is 4.30. The summed E-state index contributed by atoms with van der Waals surface area (Å²) in [5.41, 5.74) is -0.413. The monoisotopic (exact) mass is 186 g/mol. The first-order valence-electron chi connectivity index (χ1n) is 4.82. The number of carbonyl (C=O) groups excluding carboxylic acids is 1. The number of aliphatic hydroxyl groups excluding tert-OH is 1. The molecule has 1 N–H and O–H groups in total. The average molecular weight is 186 g/mol. The molecule has 0 radical (unpaired) electrons.